The fraction of sp³-hybridized carbons (Fsp3) is 0.435. The van der Waals surface area contributed by atoms with E-state index in [1.54, 1.807) is 24.0 Å². The SMILES string of the molecule is Cc1c(C(O)CN2CCC(CSc3ccc(C#N)cn3)CC2)ccc2c1COC2=O. The Morgan fingerprint density at radius 1 is 1.33 bits per heavy atom. The minimum atomic E-state index is -0.570. The van der Waals surface area contributed by atoms with Gasteiger partial charge in [0.05, 0.1) is 22.3 Å². The zero-order valence-corrected chi connectivity index (χ0v) is 17.8. The summed E-state index contributed by atoms with van der Waals surface area (Å²) in [5.41, 5.74) is 3.97. The van der Waals surface area contributed by atoms with Crippen LogP contribution in [0.1, 0.15) is 51.6 Å². The average Bonchev–Trinajstić information content (AvgIpc) is 3.15. The van der Waals surface area contributed by atoms with Crippen molar-refractivity contribution in [1.82, 2.24) is 9.88 Å². The summed E-state index contributed by atoms with van der Waals surface area (Å²) in [7, 11) is 0. The number of β-amino-alcohol motifs (C(OH)–C–C–N with tert-alkyl or cyclic N) is 1. The van der Waals surface area contributed by atoms with Gasteiger partial charge >= 0.3 is 5.97 Å². The van der Waals surface area contributed by atoms with Gasteiger partial charge in [0.25, 0.3) is 0 Å². The maximum atomic E-state index is 11.7. The second-order valence-corrected chi connectivity index (χ2v) is 8.99. The Hall–Kier alpha value is -2.40. The van der Waals surface area contributed by atoms with Crippen molar-refractivity contribution in [2.75, 3.05) is 25.4 Å². The van der Waals surface area contributed by atoms with E-state index in [1.165, 1.54) is 0 Å². The van der Waals surface area contributed by atoms with Crippen molar-refractivity contribution in [3.8, 4) is 6.07 Å². The second kappa shape index (κ2) is 9.17. The van der Waals surface area contributed by atoms with Crippen molar-refractivity contribution in [1.29, 1.82) is 5.26 Å². The molecular weight excluding hydrogens is 398 g/mol. The van der Waals surface area contributed by atoms with Crippen LogP contribution in [0, 0.1) is 24.2 Å². The van der Waals surface area contributed by atoms with Crippen LogP contribution in [-0.4, -0.2) is 46.3 Å². The highest BCUT2D eigenvalue weighted by atomic mass is 32.2. The maximum absolute atomic E-state index is 11.7. The van der Waals surface area contributed by atoms with E-state index in [2.05, 4.69) is 16.0 Å². The van der Waals surface area contributed by atoms with Gasteiger partial charge in [0, 0.05) is 24.1 Å². The molecule has 1 fully saturated rings. The number of benzene rings is 1. The van der Waals surface area contributed by atoms with Crippen LogP contribution in [0.5, 0.6) is 0 Å². The number of nitriles is 1. The number of cyclic esters (lactones) is 1. The first-order chi connectivity index (χ1) is 14.5. The number of carbonyl (C=O) groups excluding carboxylic acids is 1. The number of esters is 1. The summed E-state index contributed by atoms with van der Waals surface area (Å²) in [5, 5.41) is 20.6. The average molecular weight is 424 g/mol. The summed E-state index contributed by atoms with van der Waals surface area (Å²) in [4.78, 5) is 18.4. The number of piperidine rings is 1. The minimum absolute atomic E-state index is 0.273. The molecule has 0 amide bonds. The third-order valence-corrected chi connectivity index (χ3v) is 7.21. The summed E-state index contributed by atoms with van der Waals surface area (Å²) < 4.78 is 5.12. The Kier molecular flexibility index (Phi) is 6.38. The van der Waals surface area contributed by atoms with Crippen LogP contribution in [0.15, 0.2) is 35.5 Å². The lowest BCUT2D eigenvalue weighted by Crippen LogP contribution is -2.37. The van der Waals surface area contributed by atoms with Crippen molar-refractivity contribution < 1.29 is 14.6 Å². The molecule has 4 rings (SSSR count). The number of pyridine rings is 1. The van der Waals surface area contributed by atoms with Crippen molar-refractivity contribution in [3.63, 3.8) is 0 Å². The van der Waals surface area contributed by atoms with Crippen molar-refractivity contribution in [2.24, 2.45) is 5.92 Å². The Morgan fingerprint density at radius 3 is 2.83 bits per heavy atom. The van der Waals surface area contributed by atoms with E-state index in [1.807, 2.05) is 25.1 Å². The van der Waals surface area contributed by atoms with E-state index in [0.29, 0.717) is 30.2 Å². The number of aromatic nitrogens is 1. The van der Waals surface area contributed by atoms with Crippen molar-refractivity contribution >= 4 is 17.7 Å². The van der Waals surface area contributed by atoms with Gasteiger partial charge in [-0.15, -0.1) is 11.8 Å². The number of rotatable bonds is 6. The zero-order valence-electron chi connectivity index (χ0n) is 17.0. The molecule has 7 heteroatoms. The number of fused-ring (bicyclic) bond motifs is 1. The van der Waals surface area contributed by atoms with Crippen LogP contribution in [0.4, 0.5) is 0 Å². The molecule has 1 aromatic heterocycles. The Labute approximate surface area is 180 Å². The first kappa shape index (κ1) is 20.9. The molecule has 0 radical (unpaired) electrons. The fourth-order valence-electron chi connectivity index (χ4n) is 4.14. The van der Waals surface area contributed by atoms with Gasteiger partial charge in [-0.2, -0.15) is 5.26 Å². The molecule has 0 spiro atoms. The number of likely N-dealkylation sites (tertiary alicyclic amines) is 1. The molecule has 0 aliphatic carbocycles. The Bertz CT molecular complexity index is 963. The van der Waals surface area contributed by atoms with Crippen LogP contribution >= 0.6 is 11.8 Å². The highest BCUT2D eigenvalue weighted by Crippen LogP contribution is 2.31. The summed E-state index contributed by atoms with van der Waals surface area (Å²) >= 11 is 1.74. The molecule has 1 atom stereocenters. The lowest BCUT2D eigenvalue weighted by Gasteiger charge is -2.33. The molecule has 0 saturated carbocycles. The molecule has 1 aromatic carbocycles. The molecular formula is C23H25N3O3S. The van der Waals surface area contributed by atoms with Crippen LogP contribution in [0.25, 0.3) is 0 Å². The van der Waals surface area contributed by atoms with E-state index in [9.17, 15) is 9.90 Å². The van der Waals surface area contributed by atoms with E-state index < -0.39 is 6.10 Å². The predicted octanol–water partition coefficient (Wildman–Crippen LogP) is 3.47. The maximum Gasteiger partial charge on any atom is 0.338 e. The largest absolute Gasteiger partial charge is 0.457 e. The topological polar surface area (TPSA) is 86.4 Å². The zero-order chi connectivity index (χ0) is 21.1. The monoisotopic (exact) mass is 423 g/mol. The molecule has 2 aliphatic rings. The van der Waals surface area contributed by atoms with Gasteiger partial charge in [-0.1, -0.05) is 6.07 Å². The van der Waals surface area contributed by atoms with E-state index >= 15 is 0 Å². The van der Waals surface area contributed by atoms with E-state index in [-0.39, 0.29) is 5.97 Å². The second-order valence-electron chi connectivity index (χ2n) is 7.95. The van der Waals surface area contributed by atoms with Gasteiger partial charge in [0.2, 0.25) is 0 Å². The van der Waals surface area contributed by atoms with Crippen LogP contribution in [-0.2, 0) is 11.3 Å². The number of carbonyl (C=O) groups is 1. The van der Waals surface area contributed by atoms with Crippen molar-refractivity contribution in [2.45, 2.75) is 37.5 Å². The van der Waals surface area contributed by atoms with Gasteiger partial charge in [0.15, 0.2) is 0 Å². The highest BCUT2D eigenvalue weighted by Gasteiger charge is 2.27. The lowest BCUT2D eigenvalue weighted by atomic mass is 9.94. The first-order valence-electron chi connectivity index (χ1n) is 10.2. The van der Waals surface area contributed by atoms with Crippen LogP contribution < -0.4 is 0 Å². The van der Waals surface area contributed by atoms with Crippen LogP contribution in [0.3, 0.4) is 0 Å². The smallest absolute Gasteiger partial charge is 0.338 e. The molecule has 156 valence electrons. The summed E-state index contributed by atoms with van der Waals surface area (Å²) in [5.74, 6) is 1.38. The fourth-order valence-corrected chi connectivity index (χ4v) is 5.17. The Balaban J connectivity index is 1.26. The lowest BCUT2D eigenvalue weighted by molar-refractivity contribution is 0.0535. The molecule has 2 aromatic rings. The van der Waals surface area contributed by atoms with Crippen molar-refractivity contribution in [3.05, 3.63) is 58.3 Å². The number of aliphatic hydroxyl groups is 1. The molecule has 1 saturated heterocycles. The molecule has 1 unspecified atom stereocenters. The quantitative estimate of drug-likeness (QED) is 0.562. The van der Waals surface area contributed by atoms with Gasteiger partial charge < -0.3 is 14.7 Å². The summed E-state index contributed by atoms with van der Waals surface area (Å²) in [6, 6.07) is 9.44. The number of aliphatic hydroxyl groups excluding tert-OH is 1. The first-order valence-corrected chi connectivity index (χ1v) is 11.2. The van der Waals surface area contributed by atoms with Gasteiger partial charge in [-0.05, 0) is 68.1 Å². The van der Waals surface area contributed by atoms with E-state index in [4.69, 9.17) is 10.00 Å². The van der Waals surface area contributed by atoms with Crippen LogP contribution in [0.2, 0.25) is 0 Å². The molecule has 3 heterocycles. The number of thioether (sulfide) groups is 1. The molecule has 2 aliphatic heterocycles. The third kappa shape index (κ3) is 4.51. The molecule has 30 heavy (non-hydrogen) atoms. The summed E-state index contributed by atoms with van der Waals surface area (Å²) in [6.45, 7) is 4.80. The summed E-state index contributed by atoms with van der Waals surface area (Å²) in [6.07, 6.45) is 3.25. The number of nitrogens with zero attached hydrogens (tertiary/aromatic N) is 3. The normalized spacial score (nSPS) is 18.0. The Morgan fingerprint density at radius 2 is 2.13 bits per heavy atom. The number of hydrogen-bond acceptors (Lipinski definition) is 7. The predicted molar refractivity (Wildman–Crippen MR) is 114 cm³/mol. The molecule has 1 N–H and O–H groups in total. The highest BCUT2D eigenvalue weighted by molar-refractivity contribution is 7.99. The van der Waals surface area contributed by atoms with Gasteiger partial charge in [0.1, 0.15) is 12.7 Å². The standard InChI is InChI=1S/C23H25N3O3S/c1-15-18(3-4-19-20(15)13-29-23(19)28)21(27)12-26-8-6-16(7-9-26)14-30-22-5-2-17(10-24)11-25-22/h2-5,11,16,21,27H,6-9,12-14H2,1H3. The number of hydrogen-bond donors (Lipinski definition) is 1. The van der Waals surface area contributed by atoms with Gasteiger partial charge in [-0.3, -0.25) is 0 Å². The number of ether oxygens (including phenoxy) is 1. The third-order valence-electron chi connectivity index (χ3n) is 6.04. The van der Waals surface area contributed by atoms with Gasteiger partial charge in [-0.25, -0.2) is 9.78 Å². The van der Waals surface area contributed by atoms with E-state index in [0.717, 1.165) is 53.4 Å². The molecule has 6 nitrogen and oxygen atoms in total. The molecule has 0 bridgehead atoms. The minimum Gasteiger partial charge on any atom is -0.457 e.